The number of hydrazine groups is 3. The van der Waals surface area contributed by atoms with E-state index in [1.807, 2.05) is 77.9 Å². The first-order valence-corrected chi connectivity index (χ1v) is 9.58. The lowest BCUT2D eigenvalue weighted by atomic mass is 10.1. The van der Waals surface area contributed by atoms with Gasteiger partial charge in [0.15, 0.2) is 0 Å². The normalized spacial score (nSPS) is 17.2. The van der Waals surface area contributed by atoms with Crippen molar-refractivity contribution in [3.63, 3.8) is 0 Å². The van der Waals surface area contributed by atoms with E-state index < -0.39 is 0 Å². The molecule has 1 atom stereocenters. The Morgan fingerprint density at radius 3 is 1.70 bits per heavy atom. The van der Waals surface area contributed by atoms with Gasteiger partial charge in [0, 0.05) is 15.1 Å². The third-order valence-corrected chi connectivity index (χ3v) is 5.12. The highest BCUT2D eigenvalue weighted by molar-refractivity contribution is 6.31. The van der Waals surface area contributed by atoms with Gasteiger partial charge in [-0.25, -0.2) is 10.5 Å². The van der Waals surface area contributed by atoms with E-state index in [9.17, 15) is 0 Å². The maximum Gasteiger partial charge on any atom is 0.0722 e. The van der Waals surface area contributed by atoms with Gasteiger partial charge in [-0.3, -0.25) is 5.01 Å². The summed E-state index contributed by atoms with van der Waals surface area (Å²) in [5.74, 6) is 0. The molecule has 4 nitrogen and oxygen atoms in total. The molecule has 1 saturated heterocycles. The highest BCUT2D eigenvalue weighted by atomic mass is 35.5. The molecule has 7 heteroatoms. The zero-order valence-corrected chi connectivity index (χ0v) is 16.5. The molecule has 0 bridgehead atoms. The van der Waals surface area contributed by atoms with Gasteiger partial charge in [0.05, 0.1) is 24.0 Å². The molecule has 1 fully saturated rings. The smallest absolute Gasteiger partial charge is 0.0722 e. The maximum absolute atomic E-state index is 6.05. The topological polar surface area (TPSA) is 30.5 Å². The molecule has 27 heavy (non-hydrogen) atoms. The van der Waals surface area contributed by atoms with E-state index in [0.717, 1.165) is 22.0 Å². The maximum atomic E-state index is 6.05. The summed E-state index contributed by atoms with van der Waals surface area (Å²) in [7, 11) is 0. The van der Waals surface area contributed by atoms with Crippen molar-refractivity contribution in [1.82, 2.24) is 11.0 Å². The molecule has 0 aromatic heterocycles. The lowest BCUT2D eigenvalue weighted by Gasteiger charge is -2.43. The van der Waals surface area contributed by atoms with Crippen LogP contribution >= 0.6 is 34.8 Å². The second-order valence-electron chi connectivity index (χ2n) is 6.23. The Bertz CT molecular complexity index is 770. The molecular weight excluding hydrogens is 403 g/mol. The second-order valence-corrected chi connectivity index (χ2v) is 7.54. The van der Waals surface area contributed by atoms with Crippen LogP contribution in [-0.2, 0) is 0 Å². The number of nitrogens with zero attached hydrogens (tertiary/aromatic N) is 2. The number of nitrogens with one attached hydrogen (secondary N) is 2. The number of benzene rings is 3. The predicted molar refractivity (Wildman–Crippen MR) is 113 cm³/mol. The van der Waals surface area contributed by atoms with E-state index in [1.165, 1.54) is 0 Å². The first-order valence-electron chi connectivity index (χ1n) is 8.45. The van der Waals surface area contributed by atoms with E-state index in [2.05, 4.69) is 16.0 Å². The van der Waals surface area contributed by atoms with Gasteiger partial charge in [-0.15, -0.1) is 5.53 Å². The first-order chi connectivity index (χ1) is 13.1. The van der Waals surface area contributed by atoms with E-state index in [0.29, 0.717) is 16.6 Å². The summed E-state index contributed by atoms with van der Waals surface area (Å²) in [5.41, 5.74) is 9.98. The Labute approximate surface area is 173 Å². The zero-order valence-electron chi connectivity index (χ0n) is 14.2. The summed E-state index contributed by atoms with van der Waals surface area (Å²) in [5, 5.41) is 6.07. The number of hydrogen-bond donors (Lipinski definition) is 2. The molecule has 0 amide bonds. The minimum atomic E-state index is 0.0508. The largest absolute Gasteiger partial charge is 0.288 e. The van der Waals surface area contributed by atoms with Gasteiger partial charge in [-0.05, 0) is 66.2 Å². The van der Waals surface area contributed by atoms with Crippen molar-refractivity contribution >= 4 is 46.2 Å². The number of hydrogen-bond acceptors (Lipinski definition) is 4. The molecule has 3 aromatic rings. The van der Waals surface area contributed by atoms with Crippen LogP contribution in [0.5, 0.6) is 0 Å². The van der Waals surface area contributed by atoms with Crippen LogP contribution in [0.15, 0.2) is 72.8 Å². The van der Waals surface area contributed by atoms with Crippen molar-refractivity contribution in [2.24, 2.45) is 0 Å². The molecule has 4 rings (SSSR count). The van der Waals surface area contributed by atoms with Crippen LogP contribution in [0.25, 0.3) is 0 Å². The van der Waals surface area contributed by atoms with E-state index in [-0.39, 0.29) is 6.04 Å². The summed E-state index contributed by atoms with van der Waals surface area (Å²) in [6, 6.07) is 23.3. The summed E-state index contributed by atoms with van der Waals surface area (Å²) in [4.78, 5) is 0. The van der Waals surface area contributed by atoms with Gasteiger partial charge in [0.25, 0.3) is 0 Å². The van der Waals surface area contributed by atoms with Crippen LogP contribution in [0.2, 0.25) is 15.1 Å². The monoisotopic (exact) mass is 418 g/mol. The molecule has 0 spiro atoms. The fourth-order valence-corrected chi connectivity index (χ4v) is 3.33. The molecular formula is C20H17Cl3N4. The fourth-order valence-electron chi connectivity index (χ4n) is 2.95. The summed E-state index contributed by atoms with van der Waals surface area (Å²) in [6.07, 6.45) is 0. The number of halogens is 3. The lowest BCUT2D eigenvalue weighted by Crippen LogP contribution is -2.64. The Balaban J connectivity index is 1.66. The molecule has 0 saturated carbocycles. The third kappa shape index (κ3) is 4.32. The molecule has 1 aliphatic rings. The zero-order chi connectivity index (χ0) is 18.8. The van der Waals surface area contributed by atoms with Crippen molar-refractivity contribution in [3.8, 4) is 0 Å². The minimum absolute atomic E-state index is 0.0508. The molecule has 1 aliphatic heterocycles. The third-order valence-electron chi connectivity index (χ3n) is 4.37. The van der Waals surface area contributed by atoms with Crippen LogP contribution in [0.4, 0.5) is 11.4 Å². The van der Waals surface area contributed by atoms with Crippen molar-refractivity contribution in [3.05, 3.63) is 93.4 Å². The quantitative estimate of drug-likeness (QED) is 0.575. The average Bonchev–Trinajstić information content (AvgIpc) is 2.69. The molecule has 2 N–H and O–H groups in total. The van der Waals surface area contributed by atoms with Crippen LogP contribution in [0.3, 0.4) is 0 Å². The first kappa shape index (κ1) is 18.4. The van der Waals surface area contributed by atoms with E-state index in [1.54, 1.807) is 0 Å². The molecule has 0 aliphatic carbocycles. The van der Waals surface area contributed by atoms with Crippen molar-refractivity contribution in [2.75, 3.05) is 16.7 Å². The van der Waals surface area contributed by atoms with Crippen molar-refractivity contribution in [1.29, 1.82) is 0 Å². The number of anilines is 2. The van der Waals surface area contributed by atoms with Gasteiger partial charge >= 0.3 is 0 Å². The van der Waals surface area contributed by atoms with Crippen LogP contribution in [0, 0.1) is 0 Å². The Morgan fingerprint density at radius 1 is 0.667 bits per heavy atom. The molecule has 138 valence electrons. The van der Waals surface area contributed by atoms with Gasteiger partial charge in [-0.2, -0.15) is 0 Å². The van der Waals surface area contributed by atoms with Crippen LogP contribution in [0.1, 0.15) is 11.6 Å². The van der Waals surface area contributed by atoms with Gasteiger partial charge in [-0.1, -0.05) is 46.9 Å². The van der Waals surface area contributed by atoms with Gasteiger partial charge in [0.2, 0.25) is 0 Å². The SMILES string of the molecule is Clc1ccc(C2CN(c3ccc(Cl)cc3)NN(c3ccc(Cl)cc3)N2)cc1. The van der Waals surface area contributed by atoms with Crippen LogP contribution in [-0.4, -0.2) is 6.54 Å². The van der Waals surface area contributed by atoms with Crippen LogP contribution < -0.4 is 21.1 Å². The van der Waals surface area contributed by atoms with E-state index >= 15 is 0 Å². The standard InChI is InChI=1S/C20H17Cl3N4/c21-15-3-1-14(2-4-15)20-13-26(18-9-5-16(22)6-10-18)25-27(24-20)19-11-7-17(23)8-12-19/h1-12,20,24-25H,13H2. The van der Waals surface area contributed by atoms with Crippen molar-refractivity contribution in [2.45, 2.75) is 6.04 Å². The van der Waals surface area contributed by atoms with Gasteiger partial charge < -0.3 is 0 Å². The highest BCUT2D eigenvalue weighted by Gasteiger charge is 2.26. The van der Waals surface area contributed by atoms with Crippen molar-refractivity contribution < 1.29 is 0 Å². The second kappa shape index (κ2) is 7.97. The highest BCUT2D eigenvalue weighted by Crippen LogP contribution is 2.27. The fraction of sp³-hybridized carbons (Fsp3) is 0.100. The molecule has 1 unspecified atom stereocenters. The predicted octanol–water partition coefficient (Wildman–Crippen LogP) is 5.64. The summed E-state index contributed by atoms with van der Waals surface area (Å²) >= 11 is 18.1. The Hall–Kier alpha value is -1.95. The summed E-state index contributed by atoms with van der Waals surface area (Å²) in [6.45, 7) is 0.716. The van der Waals surface area contributed by atoms with E-state index in [4.69, 9.17) is 34.8 Å². The number of rotatable bonds is 3. The molecule has 0 radical (unpaired) electrons. The Morgan fingerprint density at radius 2 is 1.15 bits per heavy atom. The molecule has 3 aromatic carbocycles. The lowest BCUT2D eigenvalue weighted by molar-refractivity contribution is 0.365. The minimum Gasteiger partial charge on any atom is -0.288 e. The average molecular weight is 420 g/mol. The van der Waals surface area contributed by atoms with Gasteiger partial charge in [0.1, 0.15) is 0 Å². The Kier molecular flexibility index (Phi) is 5.43. The molecule has 1 heterocycles. The summed E-state index contributed by atoms with van der Waals surface area (Å²) < 4.78 is 0.